The average molecular weight is 298 g/mol. The number of ether oxygens (including phenoxy) is 1. The Kier molecular flexibility index (Phi) is 4.09. The minimum absolute atomic E-state index is 0.455. The minimum atomic E-state index is 0.455. The van der Waals surface area contributed by atoms with Crippen LogP contribution in [0.15, 0.2) is 17.7 Å². The molecule has 22 heavy (non-hydrogen) atoms. The van der Waals surface area contributed by atoms with E-state index in [0.29, 0.717) is 11.3 Å². The summed E-state index contributed by atoms with van der Waals surface area (Å²) in [5.74, 6) is 2.32. The molecule has 0 bridgehead atoms. The van der Waals surface area contributed by atoms with Gasteiger partial charge in [0.1, 0.15) is 5.75 Å². The number of aryl methyl sites for hydroxylation is 1. The van der Waals surface area contributed by atoms with E-state index in [4.69, 9.17) is 4.74 Å². The first-order chi connectivity index (χ1) is 10.4. The van der Waals surface area contributed by atoms with Crippen LogP contribution in [0.3, 0.4) is 0 Å². The molecular weight excluding hydrogens is 268 g/mol. The van der Waals surface area contributed by atoms with Gasteiger partial charge in [-0.1, -0.05) is 45.4 Å². The van der Waals surface area contributed by atoms with Gasteiger partial charge in [-0.15, -0.1) is 0 Å². The van der Waals surface area contributed by atoms with E-state index in [2.05, 4.69) is 45.9 Å². The largest absolute Gasteiger partial charge is 0.496 e. The molecule has 0 spiro atoms. The third-order valence-electron chi connectivity index (χ3n) is 5.83. The zero-order chi connectivity index (χ0) is 15.9. The lowest BCUT2D eigenvalue weighted by Crippen LogP contribution is -2.29. The highest BCUT2D eigenvalue weighted by atomic mass is 16.5. The highest BCUT2D eigenvalue weighted by molar-refractivity contribution is 5.63. The van der Waals surface area contributed by atoms with Gasteiger partial charge in [0.05, 0.1) is 7.11 Å². The van der Waals surface area contributed by atoms with Crippen molar-refractivity contribution in [3.63, 3.8) is 0 Å². The summed E-state index contributed by atoms with van der Waals surface area (Å²) in [5.41, 5.74) is 6.40. The number of rotatable bonds is 2. The number of benzene rings is 1. The predicted octanol–water partition coefficient (Wildman–Crippen LogP) is 5.97. The molecule has 0 N–H and O–H groups in total. The molecule has 0 aromatic heterocycles. The topological polar surface area (TPSA) is 9.23 Å². The SMILES string of the molecule is COc1cc2c(cc1C(C)C)CC[C@@H]1C(=C2)CCCC1(C)C. The van der Waals surface area contributed by atoms with Crippen LogP contribution in [0.1, 0.15) is 76.0 Å². The van der Waals surface area contributed by atoms with Crippen LogP contribution in [-0.2, 0) is 6.42 Å². The number of allylic oxidation sites excluding steroid dienone is 1. The molecule has 1 saturated carbocycles. The van der Waals surface area contributed by atoms with Crippen LogP contribution in [0.5, 0.6) is 5.75 Å². The molecule has 0 aliphatic heterocycles. The summed E-state index contributed by atoms with van der Waals surface area (Å²) in [6, 6.07) is 4.68. The van der Waals surface area contributed by atoms with Crippen molar-refractivity contribution in [2.45, 2.75) is 65.7 Å². The Morgan fingerprint density at radius 1 is 1.18 bits per heavy atom. The Morgan fingerprint density at radius 3 is 2.64 bits per heavy atom. The van der Waals surface area contributed by atoms with Gasteiger partial charge in [-0.25, -0.2) is 0 Å². The van der Waals surface area contributed by atoms with Crippen LogP contribution in [0, 0.1) is 11.3 Å². The molecule has 0 unspecified atom stereocenters. The summed E-state index contributed by atoms with van der Waals surface area (Å²) < 4.78 is 5.66. The number of methoxy groups -OCH3 is 1. The van der Waals surface area contributed by atoms with Crippen LogP contribution < -0.4 is 4.74 Å². The Bertz CT molecular complexity index is 592. The second-order valence-electron chi connectivity index (χ2n) is 8.10. The van der Waals surface area contributed by atoms with Gasteiger partial charge >= 0.3 is 0 Å². The molecule has 1 heteroatoms. The summed E-state index contributed by atoms with van der Waals surface area (Å²) in [4.78, 5) is 0. The number of fused-ring (bicyclic) bond motifs is 2. The van der Waals surface area contributed by atoms with Crippen molar-refractivity contribution in [2.75, 3.05) is 7.11 Å². The van der Waals surface area contributed by atoms with Crippen molar-refractivity contribution >= 4 is 6.08 Å². The van der Waals surface area contributed by atoms with Crippen LogP contribution in [-0.4, -0.2) is 7.11 Å². The standard InChI is InChI=1S/C21H30O/c1-14(2)18-12-15-8-9-19-16(7-6-10-21(19,3)4)11-17(15)13-20(18)22-5/h11-14,19H,6-10H2,1-5H3/t19-/m1/s1. The maximum Gasteiger partial charge on any atom is 0.122 e. The van der Waals surface area contributed by atoms with Gasteiger partial charge in [-0.3, -0.25) is 0 Å². The summed E-state index contributed by atoms with van der Waals surface area (Å²) in [6.07, 6.45) is 8.98. The molecule has 0 amide bonds. The summed E-state index contributed by atoms with van der Waals surface area (Å²) in [7, 11) is 1.80. The third-order valence-corrected chi connectivity index (χ3v) is 5.83. The lowest BCUT2D eigenvalue weighted by atomic mass is 9.65. The van der Waals surface area contributed by atoms with E-state index in [1.54, 1.807) is 12.7 Å². The van der Waals surface area contributed by atoms with Crippen molar-refractivity contribution in [1.29, 1.82) is 0 Å². The highest BCUT2D eigenvalue weighted by Gasteiger charge is 2.36. The van der Waals surface area contributed by atoms with Crippen molar-refractivity contribution in [3.05, 3.63) is 34.4 Å². The average Bonchev–Trinajstić information content (AvgIpc) is 2.64. The van der Waals surface area contributed by atoms with Gasteiger partial charge < -0.3 is 4.74 Å². The summed E-state index contributed by atoms with van der Waals surface area (Å²) in [6.45, 7) is 9.42. The quantitative estimate of drug-likeness (QED) is 0.653. The molecule has 2 aliphatic carbocycles. The van der Waals surface area contributed by atoms with Gasteiger partial charge in [0.25, 0.3) is 0 Å². The van der Waals surface area contributed by atoms with Crippen molar-refractivity contribution < 1.29 is 4.74 Å². The predicted molar refractivity (Wildman–Crippen MR) is 94.5 cm³/mol. The Labute approximate surface area is 135 Å². The van der Waals surface area contributed by atoms with E-state index in [0.717, 1.165) is 11.7 Å². The molecule has 0 radical (unpaired) electrons. The molecule has 1 atom stereocenters. The number of hydrogen-bond donors (Lipinski definition) is 0. The van der Waals surface area contributed by atoms with Crippen LogP contribution in [0.25, 0.3) is 6.08 Å². The van der Waals surface area contributed by atoms with Crippen LogP contribution in [0.2, 0.25) is 0 Å². The van der Waals surface area contributed by atoms with E-state index in [-0.39, 0.29) is 0 Å². The second kappa shape index (κ2) is 5.76. The van der Waals surface area contributed by atoms with Gasteiger partial charge in [0.2, 0.25) is 0 Å². The van der Waals surface area contributed by atoms with Gasteiger partial charge in [0.15, 0.2) is 0 Å². The van der Waals surface area contributed by atoms with Crippen molar-refractivity contribution in [1.82, 2.24) is 0 Å². The van der Waals surface area contributed by atoms with Gasteiger partial charge in [-0.2, -0.15) is 0 Å². The van der Waals surface area contributed by atoms with E-state index in [1.807, 2.05) is 0 Å². The first-order valence-electron chi connectivity index (χ1n) is 8.83. The van der Waals surface area contributed by atoms with E-state index < -0.39 is 0 Å². The van der Waals surface area contributed by atoms with E-state index in [1.165, 1.54) is 48.8 Å². The van der Waals surface area contributed by atoms with Gasteiger partial charge in [0, 0.05) is 0 Å². The molecular formula is C21H30O. The minimum Gasteiger partial charge on any atom is -0.496 e. The summed E-state index contributed by atoms with van der Waals surface area (Å²) >= 11 is 0. The van der Waals surface area contributed by atoms with E-state index in [9.17, 15) is 0 Å². The zero-order valence-corrected chi connectivity index (χ0v) is 14.8. The number of hydrogen-bond acceptors (Lipinski definition) is 1. The van der Waals surface area contributed by atoms with Crippen molar-refractivity contribution in [3.8, 4) is 5.75 Å². The van der Waals surface area contributed by atoms with Crippen LogP contribution >= 0.6 is 0 Å². The first kappa shape index (κ1) is 15.6. The second-order valence-corrected chi connectivity index (χ2v) is 8.10. The molecule has 1 aromatic rings. The normalized spacial score (nSPS) is 23.4. The fourth-order valence-corrected chi connectivity index (χ4v) is 4.49. The lowest BCUT2D eigenvalue weighted by molar-refractivity contribution is 0.182. The molecule has 1 aromatic carbocycles. The molecule has 3 rings (SSSR count). The van der Waals surface area contributed by atoms with Crippen LogP contribution in [0.4, 0.5) is 0 Å². The maximum atomic E-state index is 5.66. The molecule has 1 fully saturated rings. The zero-order valence-electron chi connectivity index (χ0n) is 14.8. The highest BCUT2D eigenvalue weighted by Crippen LogP contribution is 2.48. The Morgan fingerprint density at radius 2 is 1.95 bits per heavy atom. The third kappa shape index (κ3) is 2.71. The molecule has 2 aliphatic rings. The molecule has 1 nitrogen and oxygen atoms in total. The Hall–Kier alpha value is -1.24. The maximum absolute atomic E-state index is 5.66. The van der Waals surface area contributed by atoms with E-state index >= 15 is 0 Å². The fraction of sp³-hybridized carbons (Fsp3) is 0.619. The first-order valence-corrected chi connectivity index (χ1v) is 8.83. The summed E-state index contributed by atoms with van der Waals surface area (Å²) in [5, 5.41) is 0. The molecule has 120 valence electrons. The lowest BCUT2D eigenvalue weighted by Gasteiger charge is -2.40. The monoisotopic (exact) mass is 298 g/mol. The Balaban J connectivity index is 2.06. The van der Waals surface area contributed by atoms with Crippen molar-refractivity contribution in [2.24, 2.45) is 11.3 Å². The molecule has 0 saturated heterocycles. The van der Waals surface area contributed by atoms with Gasteiger partial charge in [-0.05, 0) is 72.1 Å². The fourth-order valence-electron chi connectivity index (χ4n) is 4.49. The smallest absolute Gasteiger partial charge is 0.122 e. The molecule has 0 heterocycles.